The van der Waals surface area contributed by atoms with Crippen LogP contribution in [0.4, 0.5) is 0 Å². The van der Waals surface area contributed by atoms with Crippen molar-refractivity contribution in [2.24, 2.45) is 0 Å². The van der Waals surface area contributed by atoms with Gasteiger partial charge in [0.15, 0.2) is 8.15 Å². The lowest BCUT2D eigenvalue weighted by atomic mass is 10.2. The minimum absolute atomic E-state index is 0.167. The van der Waals surface area contributed by atoms with Crippen molar-refractivity contribution in [2.75, 3.05) is 12.8 Å². The average Bonchev–Trinajstić information content (AvgIpc) is 2.36. The molecule has 0 bridgehead atoms. The third-order valence-corrected chi connectivity index (χ3v) is 6.15. The van der Waals surface area contributed by atoms with Gasteiger partial charge in [-0.3, -0.25) is 4.57 Å². The van der Waals surface area contributed by atoms with Crippen molar-refractivity contribution in [3.8, 4) is 0 Å². The predicted octanol–water partition coefficient (Wildman–Crippen LogP) is 0.586. The Morgan fingerprint density at radius 3 is 2.83 bits per heavy atom. The van der Waals surface area contributed by atoms with Crippen LogP contribution in [0.2, 0.25) is 0 Å². The SMILES string of the molecule is O=PPPC[C@H]1OC[C@H](O)[C@@H]1O. The van der Waals surface area contributed by atoms with Crippen molar-refractivity contribution in [2.45, 2.75) is 18.3 Å². The summed E-state index contributed by atoms with van der Waals surface area (Å²) in [6.07, 6.45) is -1.06. The van der Waals surface area contributed by atoms with E-state index >= 15 is 0 Å². The lowest BCUT2D eigenvalue weighted by Crippen LogP contribution is -2.30. The van der Waals surface area contributed by atoms with Gasteiger partial charge in [0.2, 0.25) is 0 Å². The van der Waals surface area contributed by atoms with Crippen molar-refractivity contribution >= 4 is 24.4 Å². The van der Waals surface area contributed by atoms with Gasteiger partial charge in [-0.1, -0.05) is 8.27 Å². The van der Waals surface area contributed by atoms with E-state index in [4.69, 9.17) is 9.84 Å². The van der Waals surface area contributed by atoms with Gasteiger partial charge in [-0.2, -0.15) is 0 Å². The minimum Gasteiger partial charge on any atom is -0.388 e. The standard InChI is InChI=1S/C5H11O4P3/c6-3-1-9-4(5(3)7)2-10-12-11-8/h3-7,10,12H,1-2H2/t3-,4+,5-/m0/s1. The molecule has 5 atom stereocenters. The fourth-order valence-electron chi connectivity index (χ4n) is 1.03. The second kappa shape index (κ2) is 5.54. The molecular formula is C5H11O4P3. The molecule has 0 aromatic rings. The molecule has 1 saturated heterocycles. The number of aliphatic hydroxyl groups is 2. The summed E-state index contributed by atoms with van der Waals surface area (Å²) < 4.78 is 15.2. The largest absolute Gasteiger partial charge is 0.388 e. The van der Waals surface area contributed by atoms with E-state index < -0.39 is 12.2 Å². The highest BCUT2D eigenvalue weighted by atomic mass is 32.4. The highest BCUT2D eigenvalue weighted by molar-refractivity contribution is 8.40. The Morgan fingerprint density at radius 2 is 2.33 bits per heavy atom. The maximum absolute atomic E-state index is 10.1. The molecule has 0 spiro atoms. The molecule has 2 unspecified atom stereocenters. The van der Waals surface area contributed by atoms with Crippen LogP contribution in [0.3, 0.4) is 0 Å². The molecule has 0 aromatic carbocycles. The molecule has 1 rings (SSSR count). The van der Waals surface area contributed by atoms with Crippen LogP contribution >= 0.6 is 24.4 Å². The van der Waals surface area contributed by atoms with Crippen LogP contribution in [-0.2, 0) is 9.30 Å². The molecule has 0 amide bonds. The van der Waals surface area contributed by atoms with Crippen molar-refractivity contribution in [3.05, 3.63) is 0 Å². The van der Waals surface area contributed by atoms with Gasteiger partial charge in [0.1, 0.15) is 12.2 Å². The average molecular weight is 228 g/mol. The van der Waals surface area contributed by atoms with Crippen molar-refractivity contribution in [1.82, 2.24) is 0 Å². The highest BCUT2D eigenvalue weighted by Crippen LogP contribution is 2.47. The molecule has 0 aliphatic carbocycles. The van der Waals surface area contributed by atoms with Gasteiger partial charge in [0.05, 0.1) is 12.7 Å². The predicted molar refractivity (Wildman–Crippen MR) is 50.9 cm³/mol. The highest BCUT2D eigenvalue weighted by Gasteiger charge is 2.33. The van der Waals surface area contributed by atoms with E-state index in [0.717, 1.165) is 0 Å². The van der Waals surface area contributed by atoms with Crippen LogP contribution in [0.15, 0.2) is 0 Å². The molecule has 1 aliphatic rings. The van der Waals surface area contributed by atoms with E-state index in [1.165, 1.54) is 0 Å². The van der Waals surface area contributed by atoms with E-state index in [0.29, 0.717) is 22.4 Å². The summed E-state index contributed by atoms with van der Waals surface area (Å²) in [4.78, 5) is 0. The topological polar surface area (TPSA) is 66.8 Å². The Bertz CT molecular complexity index is 156. The monoisotopic (exact) mass is 228 g/mol. The number of aliphatic hydroxyl groups excluding tert-OH is 2. The quantitative estimate of drug-likeness (QED) is 0.545. The molecule has 4 nitrogen and oxygen atoms in total. The third kappa shape index (κ3) is 2.96. The summed E-state index contributed by atoms with van der Waals surface area (Å²) in [6.45, 7) is 0.217. The van der Waals surface area contributed by atoms with E-state index in [-0.39, 0.29) is 20.9 Å². The zero-order valence-corrected chi connectivity index (χ0v) is 9.20. The molecule has 1 aliphatic heterocycles. The molecular weight excluding hydrogens is 217 g/mol. The van der Waals surface area contributed by atoms with E-state index in [1.54, 1.807) is 0 Å². The molecule has 7 heteroatoms. The molecule has 70 valence electrons. The first-order valence-corrected chi connectivity index (χ1v) is 8.39. The van der Waals surface area contributed by atoms with Gasteiger partial charge >= 0.3 is 0 Å². The Morgan fingerprint density at radius 1 is 1.58 bits per heavy atom. The van der Waals surface area contributed by atoms with E-state index in [9.17, 15) is 9.67 Å². The van der Waals surface area contributed by atoms with Crippen molar-refractivity contribution < 1.29 is 19.5 Å². The first-order valence-electron chi connectivity index (χ1n) is 3.53. The van der Waals surface area contributed by atoms with Crippen molar-refractivity contribution in [1.29, 1.82) is 0 Å². The zero-order valence-electron chi connectivity index (χ0n) is 6.30. The molecule has 12 heavy (non-hydrogen) atoms. The van der Waals surface area contributed by atoms with Crippen LogP contribution in [-0.4, -0.2) is 41.3 Å². The van der Waals surface area contributed by atoms with Crippen LogP contribution in [0, 0.1) is 0 Å². The maximum Gasteiger partial charge on any atom is 0.182 e. The van der Waals surface area contributed by atoms with Crippen LogP contribution in [0.5, 0.6) is 0 Å². The Kier molecular flexibility index (Phi) is 5.04. The first kappa shape index (κ1) is 10.9. The van der Waals surface area contributed by atoms with Gasteiger partial charge in [0, 0.05) is 0 Å². The summed E-state index contributed by atoms with van der Waals surface area (Å²) in [5.41, 5.74) is 0. The number of hydrogen-bond acceptors (Lipinski definition) is 4. The van der Waals surface area contributed by atoms with Gasteiger partial charge in [0.25, 0.3) is 0 Å². The Labute approximate surface area is 75.6 Å². The first-order chi connectivity index (χ1) is 5.75. The van der Waals surface area contributed by atoms with Gasteiger partial charge in [-0.25, -0.2) is 0 Å². The Hall–Kier alpha value is 0.840. The number of ether oxygens (including phenoxy) is 1. The summed E-state index contributed by atoms with van der Waals surface area (Å²) in [6, 6.07) is 0. The molecule has 1 fully saturated rings. The van der Waals surface area contributed by atoms with Gasteiger partial charge in [-0.15, -0.1) is 0 Å². The number of rotatable bonds is 4. The molecule has 2 N–H and O–H groups in total. The van der Waals surface area contributed by atoms with Crippen LogP contribution < -0.4 is 0 Å². The fraction of sp³-hybridized carbons (Fsp3) is 1.00. The van der Waals surface area contributed by atoms with Gasteiger partial charge in [-0.05, 0) is 14.1 Å². The summed E-state index contributed by atoms with van der Waals surface area (Å²) in [5.74, 6) is 0. The summed E-state index contributed by atoms with van der Waals surface area (Å²) in [7, 11) is 1.11. The zero-order chi connectivity index (χ0) is 8.97. The van der Waals surface area contributed by atoms with Gasteiger partial charge < -0.3 is 14.9 Å². The summed E-state index contributed by atoms with van der Waals surface area (Å²) >= 11 is 0. The molecule has 0 aromatic heterocycles. The molecule has 0 radical (unpaired) electrons. The normalized spacial score (nSPS) is 38.0. The fourth-order valence-corrected chi connectivity index (χ4v) is 4.22. The Balaban J connectivity index is 2.20. The maximum atomic E-state index is 10.1. The molecule has 1 heterocycles. The second-order valence-corrected chi connectivity index (χ2v) is 7.97. The smallest absolute Gasteiger partial charge is 0.182 e. The third-order valence-electron chi connectivity index (χ3n) is 1.68. The molecule has 0 saturated carbocycles. The second-order valence-electron chi connectivity index (χ2n) is 2.51. The van der Waals surface area contributed by atoms with E-state index in [1.807, 2.05) is 0 Å². The minimum atomic E-state index is -0.759. The number of hydrogen-bond donors (Lipinski definition) is 2. The van der Waals surface area contributed by atoms with Crippen LogP contribution in [0.1, 0.15) is 0 Å². The summed E-state index contributed by atoms with van der Waals surface area (Å²) in [5, 5.41) is 18.4. The lowest BCUT2D eigenvalue weighted by Gasteiger charge is -2.13. The van der Waals surface area contributed by atoms with E-state index in [2.05, 4.69) is 0 Å². The van der Waals surface area contributed by atoms with Crippen LogP contribution in [0.25, 0.3) is 0 Å². The van der Waals surface area contributed by atoms with Crippen molar-refractivity contribution in [3.63, 3.8) is 0 Å². The lowest BCUT2D eigenvalue weighted by molar-refractivity contribution is 0.0336.